The third-order valence-corrected chi connectivity index (χ3v) is 6.10. The van der Waals surface area contributed by atoms with Crippen molar-refractivity contribution in [1.82, 2.24) is 14.5 Å². The predicted molar refractivity (Wildman–Crippen MR) is 111 cm³/mol. The number of carbonyl (C=O) groups is 1. The SMILES string of the molecule is CSN(C)C(=O)/C=C/c1ccc(CN2CCC(CNC3CC3)CC2)cc1. The molecule has 2 aliphatic rings. The van der Waals surface area contributed by atoms with E-state index in [9.17, 15) is 4.79 Å². The van der Waals surface area contributed by atoms with E-state index in [-0.39, 0.29) is 5.91 Å². The van der Waals surface area contributed by atoms with Gasteiger partial charge in [0.05, 0.1) is 0 Å². The largest absolute Gasteiger partial charge is 0.314 e. The van der Waals surface area contributed by atoms with E-state index in [2.05, 4.69) is 34.5 Å². The fourth-order valence-corrected chi connectivity index (χ4v) is 3.57. The van der Waals surface area contributed by atoms with E-state index in [1.807, 2.05) is 12.3 Å². The van der Waals surface area contributed by atoms with Gasteiger partial charge in [0, 0.05) is 32.0 Å². The van der Waals surface area contributed by atoms with Crippen molar-refractivity contribution in [1.29, 1.82) is 0 Å². The lowest BCUT2D eigenvalue weighted by Gasteiger charge is -2.32. The smallest absolute Gasteiger partial charge is 0.256 e. The first kappa shape index (κ1) is 19.5. The molecule has 0 bridgehead atoms. The molecular weight excluding hydrogens is 342 g/mol. The predicted octanol–water partition coefficient (Wildman–Crippen LogP) is 3.40. The number of carbonyl (C=O) groups excluding carboxylic acids is 1. The molecule has 0 atom stereocenters. The van der Waals surface area contributed by atoms with Gasteiger partial charge in [0.1, 0.15) is 0 Å². The third kappa shape index (κ3) is 6.15. The van der Waals surface area contributed by atoms with Gasteiger partial charge in [-0.15, -0.1) is 0 Å². The Bertz CT molecular complexity index is 604. The molecular formula is C21H31N3OS. The van der Waals surface area contributed by atoms with Gasteiger partial charge < -0.3 is 5.32 Å². The van der Waals surface area contributed by atoms with E-state index in [1.54, 1.807) is 17.4 Å². The summed E-state index contributed by atoms with van der Waals surface area (Å²) in [5.74, 6) is 0.872. The van der Waals surface area contributed by atoms with Gasteiger partial charge in [-0.1, -0.05) is 36.2 Å². The third-order valence-electron chi connectivity index (χ3n) is 5.37. The summed E-state index contributed by atoms with van der Waals surface area (Å²) in [5, 5.41) is 3.67. The van der Waals surface area contributed by atoms with Crippen LogP contribution in [0.15, 0.2) is 30.3 Å². The van der Waals surface area contributed by atoms with Crippen molar-refractivity contribution in [3.63, 3.8) is 0 Å². The molecule has 2 fully saturated rings. The first-order chi connectivity index (χ1) is 12.6. The zero-order chi connectivity index (χ0) is 18.4. The van der Waals surface area contributed by atoms with Crippen LogP contribution in [0.25, 0.3) is 6.08 Å². The lowest BCUT2D eigenvalue weighted by atomic mass is 9.96. The van der Waals surface area contributed by atoms with Crippen LogP contribution in [0.3, 0.4) is 0 Å². The molecule has 4 nitrogen and oxygen atoms in total. The van der Waals surface area contributed by atoms with Crippen molar-refractivity contribution >= 4 is 23.9 Å². The highest BCUT2D eigenvalue weighted by atomic mass is 32.2. The molecule has 0 unspecified atom stereocenters. The Morgan fingerprint density at radius 3 is 2.54 bits per heavy atom. The minimum Gasteiger partial charge on any atom is -0.314 e. The fraction of sp³-hybridized carbons (Fsp3) is 0.571. The van der Waals surface area contributed by atoms with E-state index in [0.29, 0.717) is 0 Å². The number of piperidine rings is 1. The minimum absolute atomic E-state index is 0.0145. The van der Waals surface area contributed by atoms with Crippen LogP contribution in [0, 0.1) is 5.92 Å². The maximum Gasteiger partial charge on any atom is 0.256 e. The topological polar surface area (TPSA) is 35.6 Å². The van der Waals surface area contributed by atoms with Crippen LogP contribution < -0.4 is 5.32 Å². The Kier molecular flexibility index (Phi) is 7.17. The number of likely N-dealkylation sites (N-methyl/N-ethyl adjacent to an activating group) is 1. The molecule has 0 radical (unpaired) electrons. The summed E-state index contributed by atoms with van der Waals surface area (Å²) in [6, 6.07) is 9.40. The summed E-state index contributed by atoms with van der Waals surface area (Å²) in [7, 11) is 1.78. The molecule has 3 rings (SSSR count). The molecule has 0 aromatic heterocycles. The van der Waals surface area contributed by atoms with Crippen molar-refractivity contribution in [2.24, 2.45) is 5.92 Å². The molecule has 1 amide bonds. The summed E-state index contributed by atoms with van der Waals surface area (Å²) in [5.41, 5.74) is 2.42. The molecule has 5 heteroatoms. The maximum atomic E-state index is 11.8. The van der Waals surface area contributed by atoms with Crippen LogP contribution in [0.5, 0.6) is 0 Å². The maximum absolute atomic E-state index is 11.8. The number of amides is 1. The van der Waals surface area contributed by atoms with Crippen LogP contribution in [0.4, 0.5) is 0 Å². The molecule has 1 aromatic rings. The summed E-state index contributed by atoms with van der Waals surface area (Å²) >= 11 is 1.42. The Labute approximate surface area is 162 Å². The van der Waals surface area contributed by atoms with Crippen LogP contribution in [-0.4, -0.2) is 54.1 Å². The van der Waals surface area contributed by atoms with Crippen LogP contribution >= 0.6 is 11.9 Å². The van der Waals surface area contributed by atoms with Crippen molar-refractivity contribution in [2.75, 3.05) is 32.9 Å². The average molecular weight is 374 g/mol. The molecule has 1 N–H and O–H groups in total. The number of nitrogens with one attached hydrogen (secondary N) is 1. The van der Waals surface area contributed by atoms with E-state index in [4.69, 9.17) is 0 Å². The van der Waals surface area contributed by atoms with Gasteiger partial charge in [-0.2, -0.15) is 0 Å². The number of benzene rings is 1. The summed E-state index contributed by atoms with van der Waals surface area (Å²) < 4.78 is 1.62. The first-order valence-corrected chi connectivity index (χ1v) is 10.9. The number of rotatable bonds is 8. The number of hydrogen-bond donors (Lipinski definition) is 1. The van der Waals surface area contributed by atoms with Gasteiger partial charge in [-0.25, -0.2) is 0 Å². The van der Waals surface area contributed by atoms with E-state index < -0.39 is 0 Å². The summed E-state index contributed by atoms with van der Waals surface area (Å²) in [6.07, 6.45) is 10.8. The van der Waals surface area contributed by atoms with Gasteiger partial charge in [0.2, 0.25) is 0 Å². The van der Waals surface area contributed by atoms with Crippen LogP contribution in [0.2, 0.25) is 0 Å². The number of likely N-dealkylation sites (tertiary alicyclic amines) is 1. The van der Waals surface area contributed by atoms with E-state index in [0.717, 1.165) is 24.1 Å². The lowest BCUT2D eigenvalue weighted by Crippen LogP contribution is -2.37. The second kappa shape index (κ2) is 9.58. The van der Waals surface area contributed by atoms with E-state index in [1.165, 1.54) is 62.8 Å². The molecule has 1 aliphatic heterocycles. The highest BCUT2D eigenvalue weighted by Crippen LogP contribution is 2.22. The Morgan fingerprint density at radius 2 is 1.92 bits per heavy atom. The molecule has 26 heavy (non-hydrogen) atoms. The average Bonchev–Trinajstić information content (AvgIpc) is 3.50. The zero-order valence-corrected chi connectivity index (χ0v) is 16.8. The first-order valence-electron chi connectivity index (χ1n) is 9.68. The second-order valence-corrected chi connectivity index (χ2v) is 8.41. The minimum atomic E-state index is 0.0145. The Morgan fingerprint density at radius 1 is 1.23 bits per heavy atom. The second-order valence-electron chi connectivity index (χ2n) is 7.50. The highest BCUT2D eigenvalue weighted by molar-refractivity contribution is 7.96. The van der Waals surface area contributed by atoms with Crippen molar-refractivity contribution in [2.45, 2.75) is 38.3 Å². The van der Waals surface area contributed by atoms with Gasteiger partial charge in [-0.3, -0.25) is 14.0 Å². The van der Waals surface area contributed by atoms with Crippen LogP contribution in [0.1, 0.15) is 36.8 Å². The summed E-state index contributed by atoms with van der Waals surface area (Å²) in [6.45, 7) is 4.65. The Hall–Kier alpha value is -1.30. The molecule has 1 saturated heterocycles. The van der Waals surface area contributed by atoms with Crippen molar-refractivity contribution < 1.29 is 4.79 Å². The lowest BCUT2D eigenvalue weighted by molar-refractivity contribution is -0.120. The quantitative estimate of drug-likeness (QED) is 0.560. The monoisotopic (exact) mass is 373 g/mol. The van der Waals surface area contributed by atoms with Crippen molar-refractivity contribution in [3.05, 3.63) is 41.5 Å². The number of nitrogens with zero attached hydrogens (tertiary/aromatic N) is 2. The molecule has 1 heterocycles. The standard InChI is InChI=1S/C21H31N3OS/c1-23(26-2)21(25)10-7-17-3-5-19(6-4-17)16-24-13-11-18(12-14-24)15-22-20-8-9-20/h3-7,10,18,20,22H,8-9,11-16H2,1-2H3/b10-7+. The molecule has 1 aromatic carbocycles. The highest BCUT2D eigenvalue weighted by Gasteiger charge is 2.24. The molecule has 1 aliphatic carbocycles. The summed E-state index contributed by atoms with van der Waals surface area (Å²) in [4.78, 5) is 14.4. The fourth-order valence-electron chi connectivity index (χ4n) is 3.32. The molecule has 1 saturated carbocycles. The Balaban J connectivity index is 1.41. The van der Waals surface area contributed by atoms with E-state index >= 15 is 0 Å². The molecule has 142 valence electrons. The zero-order valence-electron chi connectivity index (χ0n) is 16.0. The normalized spacial score (nSPS) is 19.2. The van der Waals surface area contributed by atoms with Crippen molar-refractivity contribution in [3.8, 4) is 0 Å². The van der Waals surface area contributed by atoms with Gasteiger partial charge in [0.15, 0.2) is 0 Å². The van der Waals surface area contributed by atoms with Gasteiger partial charge in [0.25, 0.3) is 5.91 Å². The molecule has 0 spiro atoms. The van der Waals surface area contributed by atoms with Crippen LogP contribution in [-0.2, 0) is 11.3 Å². The van der Waals surface area contributed by atoms with Gasteiger partial charge in [-0.05, 0) is 68.4 Å². The van der Waals surface area contributed by atoms with Gasteiger partial charge >= 0.3 is 0 Å². The number of hydrogen-bond acceptors (Lipinski definition) is 4.